The van der Waals surface area contributed by atoms with Crippen LogP contribution in [0.15, 0.2) is 47.0 Å². The van der Waals surface area contributed by atoms with Crippen LogP contribution in [-0.4, -0.2) is 41.8 Å². The first-order valence-corrected chi connectivity index (χ1v) is 9.92. The standard InChI is InChI=1S/C22H28N4O2/c1-16-8-9-21(28-16)22-18(14-24-25-22)13-23-15-20(26-10-3-4-11-26)17-6-5-7-19(12-17)27-2/h5-9,12,14,20,23H,3-4,10-11,13,15H2,1-2H3,(H,24,25). The molecule has 3 aromatic rings. The van der Waals surface area contributed by atoms with Gasteiger partial charge in [-0.1, -0.05) is 12.1 Å². The Balaban J connectivity index is 1.46. The summed E-state index contributed by atoms with van der Waals surface area (Å²) in [6, 6.07) is 12.7. The maximum absolute atomic E-state index is 5.75. The molecule has 0 amide bonds. The van der Waals surface area contributed by atoms with Crippen molar-refractivity contribution < 1.29 is 9.15 Å². The number of nitrogens with one attached hydrogen (secondary N) is 2. The highest BCUT2D eigenvalue weighted by Gasteiger charge is 2.23. The van der Waals surface area contributed by atoms with Crippen LogP contribution >= 0.6 is 0 Å². The van der Waals surface area contributed by atoms with E-state index in [0.717, 1.165) is 54.7 Å². The van der Waals surface area contributed by atoms with Gasteiger partial charge in [0.05, 0.1) is 13.3 Å². The summed E-state index contributed by atoms with van der Waals surface area (Å²) in [5, 5.41) is 10.9. The Bertz CT molecular complexity index is 895. The highest BCUT2D eigenvalue weighted by molar-refractivity contribution is 5.56. The molecule has 3 heterocycles. The van der Waals surface area contributed by atoms with Crippen molar-refractivity contribution in [3.05, 3.63) is 59.5 Å². The molecule has 1 unspecified atom stereocenters. The molecule has 1 fully saturated rings. The fourth-order valence-corrected chi connectivity index (χ4v) is 3.93. The minimum absolute atomic E-state index is 0.332. The number of benzene rings is 1. The normalized spacial score (nSPS) is 15.8. The summed E-state index contributed by atoms with van der Waals surface area (Å²) in [5.74, 6) is 2.64. The van der Waals surface area contributed by atoms with Gasteiger partial charge in [0.15, 0.2) is 5.76 Å². The first-order chi connectivity index (χ1) is 13.7. The van der Waals surface area contributed by atoms with Gasteiger partial charge in [-0.15, -0.1) is 0 Å². The van der Waals surface area contributed by atoms with Crippen molar-refractivity contribution in [2.75, 3.05) is 26.7 Å². The van der Waals surface area contributed by atoms with Gasteiger partial charge >= 0.3 is 0 Å². The number of hydrogen-bond acceptors (Lipinski definition) is 5. The number of aryl methyl sites for hydroxylation is 1. The van der Waals surface area contributed by atoms with E-state index in [-0.39, 0.29) is 0 Å². The maximum Gasteiger partial charge on any atom is 0.152 e. The van der Waals surface area contributed by atoms with Crippen molar-refractivity contribution in [1.29, 1.82) is 0 Å². The number of methoxy groups -OCH3 is 1. The topological polar surface area (TPSA) is 66.3 Å². The summed E-state index contributed by atoms with van der Waals surface area (Å²) in [5.41, 5.74) is 3.35. The van der Waals surface area contributed by atoms with Crippen molar-refractivity contribution in [2.45, 2.75) is 32.4 Å². The molecule has 2 N–H and O–H groups in total. The van der Waals surface area contributed by atoms with Crippen LogP contribution in [0.25, 0.3) is 11.5 Å². The van der Waals surface area contributed by atoms with Crippen LogP contribution in [0.3, 0.4) is 0 Å². The number of aromatic nitrogens is 2. The molecule has 148 valence electrons. The lowest BCUT2D eigenvalue weighted by atomic mass is 10.0. The Morgan fingerprint density at radius 2 is 2.11 bits per heavy atom. The molecule has 0 aliphatic carbocycles. The molecular weight excluding hydrogens is 352 g/mol. The molecule has 1 atom stereocenters. The number of rotatable bonds is 8. The highest BCUT2D eigenvalue weighted by Crippen LogP contribution is 2.28. The van der Waals surface area contributed by atoms with E-state index in [0.29, 0.717) is 6.04 Å². The maximum atomic E-state index is 5.75. The molecule has 0 bridgehead atoms. The molecule has 1 aliphatic rings. The lowest BCUT2D eigenvalue weighted by Gasteiger charge is -2.28. The summed E-state index contributed by atoms with van der Waals surface area (Å²) >= 11 is 0. The molecular formula is C22H28N4O2. The van der Waals surface area contributed by atoms with Crippen molar-refractivity contribution >= 4 is 0 Å². The number of hydrogen-bond donors (Lipinski definition) is 2. The number of H-pyrrole nitrogens is 1. The summed E-state index contributed by atoms with van der Waals surface area (Å²) in [6.07, 6.45) is 4.41. The van der Waals surface area contributed by atoms with Crippen LogP contribution in [-0.2, 0) is 6.54 Å². The summed E-state index contributed by atoms with van der Waals surface area (Å²) < 4.78 is 11.2. The molecule has 0 saturated carbocycles. The third-order valence-corrected chi connectivity index (χ3v) is 5.42. The van der Waals surface area contributed by atoms with Gasteiger partial charge in [0.25, 0.3) is 0 Å². The predicted octanol–water partition coefficient (Wildman–Crippen LogP) is 3.91. The van der Waals surface area contributed by atoms with E-state index in [1.807, 2.05) is 31.3 Å². The van der Waals surface area contributed by atoms with Gasteiger partial charge in [0, 0.05) is 24.7 Å². The second-order valence-electron chi connectivity index (χ2n) is 7.35. The zero-order valence-electron chi connectivity index (χ0n) is 16.6. The van der Waals surface area contributed by atoms with Gasteiger partial charge in [0.1, 0.15) is 17.2 Å². The Kier molecular flexibility index (Phi) is 5.78. The van der Waals surface area contributed by atoms with Crippen molar-refractivity contribution in [1.82, 2.24) is 20.4 Å². The average Bonchev–Trinajstić information content (AvgIpc) is 3.47. The largest absolute Gasteiger partial charge is 0.497 e. The summed E-state index contributed by atoms with van der Waals surface area (Å²) in [4.78, 5) is 2.56. The van der Waals surface area contributed by atoms with E-state index in [1.165, 1.54) is 18.4 Å². The van der Waals surface area contributed by atoms with Crippen LogP contribution < -0.4 is 10.1 Å². The Hall–Kier alpha value is -2.57. The Morgan fingerprint density at radius 3 is 2.86 bits per heavy atom. The van der Waals surface area contributed by atoms with Crippen LogP contribution in [0.1, 0.15) is 35.8 Å². The van der Waals surface area contributed by atoms with E-state index in [1.54, 1.807) is 7.11 Å². The van der Waals surface area contributed by atoms with E-state index in [4.69, 9.17) is 9.15 Å². The zero-order chi connectivity index (χ0) is 19.3. The first-order valence-electron chi connectivity index (χ1n) is 9.92. The van der Waals surface area contributed by atoms with Gasteiger partial charge in [-0.25, -0.2) is 0 Å². The summed E-state index contributed by atoms with van der Waals surface area (Å²) in [7, 11) is 1.72. The minimum atomic E-state index is 0.332. The van der Waals surface area contributed by atoms with Crippen LogP contribution in [0, 0.1) is 6.92 Å². The molecule has 1 aromatic carbocycles. The van der Waals surface area contributed by atoms with Crippen LogP contribution in [0.4, 0.5) is 0 Å². The Labute approximate surface area is 165 Å². The van der Waals surface area contributed by atoms with Gasteiger partial charge in [-0.05, 0) is 62.7 Å². The van der Waals surface area contributed by atoms with Crippen molar-refractivity contribution in [2.24, 2.45) is 0 Å². The molecule has 1 aliphatic heterocycles. The monoisotopic (exact) mass is 380 g/mol. The van der Waals surface area contributed by atoms with Gasteiger partial charge in [-0.3, -0.25) is 10.00 Å². The molecule has 0 spiro atoms. The lowest BCUT2D eigenvalue weighted by molar-refractivity contribution is 0.238. The third-order valence-electron chi connectivity index (χ3n) is 5.42. The number of nitrogens with zero attached hydrogens (tertiary/aromatic N) is 2. The fourth-order valence-electron chi connectivity index (χ4n) is 3.93. The molecule has 4 rings (SSSR count). The molecule has 1 saturated heterocycles. The number of likely N-dealkylation sites (tertiary alicyclic amines) is 1. The van der Waals surface area contributed by atoms with Crippen molar-refractivity contribution in [3.63, 3.8) is 0 Å². The van der Waals surface area contributed by atoms with Crippen LogP contribution in [0.5, 0.6) is 5.75 Å². The second-order valence-corrected chi connectivity index (χ2v) is 7.35. The second kappa shape index (κ2) is 8.63. The molecule has 0 radical (unpaired) electrons. The van der Waals surface area contributed by atoms with Crippen LogP contribution in [0.2, 0.25) is 0 Å². The average molecular weight is 380 g/mol. The zero-order valence-corrected chi connectivity index (χ0v) is 16.6. The molecule has 6 heteroatoms. The number of furan rings is 1. The molecule has 28 heavy (non-hydrogen) atoms. The SMILES string of the molecule is COc1cccc(C(CNCc2cn[nH]c2-c2ccc(C)o2)N2CCCC2)c1. The van der Waals surface area contributed by atoms with Crippen molar-refractivity contribution in [3.8, 4) is 17.2 Å². The smallest absolute Gasteiger partial charge is 0.152 e. The predicted molar refractivity (Wildman–Crippen MR) is 109 cm³/mol. The fraction of sp³-hybridized carbons (Fsp3) is 0.409. The third kappa shape index (κ3) is 4.13. The quantitative estimate of drug-likeness (QED) is 0.620. The van der Waals surface area contributed by atoms with E-state index in [2.05, 4.69) is 38.6 Å². The first kappa shape index (κ1) is 18.8. The highest BCUT2D eigenvalue weighted by atomic mass is 16.5. The lowest BCUT2D eigenvalue weighted by Crippen LogP contribution is -2.34. The number of ether oxygens (including phenoxy) is 1. The molecule has 2 aromatic heterocycles. The number of aromatic amines is 1. The Morgan fingerprint density at radius 1 is 1.25 bits per heavy atom. The van der Waals surface area contributed by atoms with Gasteiger partial charge < -0.3 is 14.5 Å². The van der Waals surface area contributed by atoms with E-state index < -0.39 is 0 Å². The summed E-state index contributed by atoms with van der Waals surface area (Å²) in [6.45, 7) is 5.85. The van der Waals surface area contributed by atoms with E-state index >= 15 is 0 Å². The minimum Gasteiger partial charge on any atom is -0.497 e. The van der Waals surface area contributed by atoms with E-state index in [9.17, 15) is 0 Å². The van der Waals surface area contributed by atoms with Gasteiger partial charge in [-0.2, -0.15) is 5.10 Å². The van der Waals surface area contributed by atoms with Gasteiger partial charge in [0.2, 0.25) is 0 Å². The molecule has 6 nitrogen and oxygen atoms in total.